The first kappa shape index (κ1) is 18.8. The van der Waals surface area contributed by atoms with Crippen LogP contribution in [0.2, 0.25) is 0 Å². The van der Waals surface area contributed by atoms with Gasteiger partial charge in [0.15, 0.2) is 11.6 Å². The van der Waals surface area contributed by atoms with Crippen LogP contribution in [0.5, 0.6) is 0 Å². The Morgan fingerprint density at radius 2 is 1.77 bits per heavy atom. The minimum absolute atomic E-state index is 0.606. The van der Waals surface area contributed by atoms with Gasteiger partial charge in [-0.05, 0) is 80.7 Å². The van der Waals surface area contributed by atoms with E-state index in [4.69, 9.17) is 0 Å². The molecule has 0 atom stereocenters. The maximum Gasteiger partial charge on any atom is 0.159 e. The summed E-state index contributed by atoms with van der Waals surface area (Å²) < 4.78 is 26.4. The Kier molecular flexibility index (Phi) is 6.54. The summed E-state index contributed by atoms with van der Waals surface area (Å²) in [6, 6.07) is 7.86. The number of nitrogens with zero attached hydrogens (tertiary/aromatic N) is 1. The molecule has 2 aromatic rings. The van der Waals surface area contributed by atoms with Crippen LogP contribution in [0.3, 0.4) is 0 Å². The molecule has 0 aliphatic heterocycles. The molecule has 3 rings (SSSR count). The smallest absolute Gasteiger partial charge is 0.159 e. The highest BCUT2D eigenvalue weighted by Crippen LogP contribution is 2.33. The molecule has 1 aromatic heterocycles. The van der Waals surface area contributed by atoms with E-state index in [1.807, 2.05) is 12.3 Å². The zero-order chi connectivity index (χ0) is 18.4. The summed E-state index contributed by atoms with van der Waals surface area (Å²) in [4.78, 5) is 4.43. The van der Waals surface area contributed by atoms with Crippen LogP contribution in [0.15, 0.2) is 48.7 Å². The normalized spacial score (nSPS) is 20.6. The lowest BCUT2D eigenvalue weighted by Gasteiger charge is -2.27. The first-order valence-electron chi connectivity index (χ1n) is 9.67. The van der Waals surface area contributed by atoms with E-state index >= 15 is 0 Å². The molecule has 1 aliphatic rings. The Morgan fingerprint density at radius 3 is 2.42 bits per heavy atom. The Hall–Kier alpha value is -2.03. The summed E-state index contributed by atoms with van der Waals surface area (Å²) in [6.07, 6.45) is 15.2. The topological polar surface area (TPSA) is 12.9 Å². The summed E-state index contributed by atoms with van der Waals surface area (Å²) in [7, 11) is 0. The number of pyridine rings is 1. The molecular weight excluding hydrogens is 328 g/mol. The number of benzene rings is 1. The van der Waals surface area contributed by atoms with Crippen LogP contribution in [-0.2, 0) is 6.42 Å². The molecule has 0 saturated heterocycles. The predicted molar refractivity (Wildman–Crippen MR) is 103 cm³/mol. The molecule has 138 valence electrons. The van der Waals surface area contributed by atoms with E-state index in [0.717, 1.165) is 24.3 Å². The van der Waals surface area contributed by atoms with Crippen LogP contribution in [0.25, 0.3) is 11.3 Å². The number of rotatable bonds is 6. The Bertz CT molecular complexity index is 728. The van der Waals surface area contributed by atoms with Crippen LogP contribution in [0.1, 0.15) is 51.0 Å². The molecule has 0 radical (unpaired) electrons. The fourth-order valence-corrected chi connectivity index (χ4v) is 3.85. The minimum Gasteiger partial charge on any atom is -0.256 e. The second-order valence-corrected chi connectivity index (χ2v) is 7.41. The molecule has 1 nitrogen and oxygen atoms in total. The van der Waals surface area contributed by atoms with Gasteiger partial charge in [-0.3, -0.25) is 4.98 Å². The molecule has 1 saturated carbocycles. The summed E-state index contributed by atoms with van der Waals surface area (Å²) in [5.41, 5.74) is 2.50. The van der Waals surface area contributed by atoms with Gasteiger partial charge in [-0.1, -0.05) is 31.1 Å². The Labute approximate surface area is 155 Å². The highest BCUT2D eigenvalue weighted by molar-refractivity contribution is 5.59. The number of hydrogen-bond donors (Lipinski definition) is 0. The zero-order valence-electron chi connectivity index (χ0n) is 15.4. The quantitative estimate of drug-likeness (QED) is 0.523. The highest BCUT2D eigenvalue weighted by atomic mass is 19.2. The predicted octanol–water partition coefficient (Wildman–Crippen LogP) is 6.73. The van der Waals surface area contributed by atoms with Gasteiger partial charge in [-0.2, -0.15) is 0 Å². The summed E-state index contributed by atoms with van der Waals surface area (Å²) in [5.74, 6) is 0.0337. The minimum atomic E-state index is -0.835. The number of allylic oxidation sites excluding steroid dienone is 2. The maximum absolute atomic E-state index is 13.4. The molecule has 0 N–H and O–H groups in total. The molecule has 1 aromatic carbocycles. The first-order chi connectivity index (χ1) is 12.7. The second kappa shape index (κ2) is 9.07. The molecule has 26 heavy (non-hydrogen) atoms. The summed E-state index contributed by atoms with van der Waals surface area (Å²) in [6.45, 7) is 2.09. The van der Waals surface area contributed by atoms with Gasteiger partial charge < -0.3 is 0 Å². The molecule has 0 bridgehead atoms. The van der Waals surface area contributed by atoms with Gasteiger partial charge >= 0.3 is 0 Å². The maximum atomic E-state index is 13.4. The molecule has 0 unspecified atom stereocenters. The van der Waals surface area contributed by atoms with Crippen molar-refractivity contribution in [2.24, 2.45) is 11.8 Å². The van der Waals surface area contributed by atoms with Gasteiger partial charge in [0, 0.05) is 11.8 Å². The third kappa shape index (κ3) is 5.00. The third-order valence-corrected chi connectivity index (χ3v) is 5.55. The molecule has 0 spiro atoms. The van der Waals surface area contributed by atoms with Crippen LogP contribution in [-0.4, -0.2) is 4.98 Å². The highest BCUT2D eigenvalue weighted by Gasteiger charge is 2.20. The standard InChI is InChI=1S/C23H27F2N/c1-2-3-4-17-5-7-18(8-6-17)9-10-19-11-14-23(26-16-19)20-12-13-21(24)22(25)15-20/h2-3,11-18H,4-10H2,1H3. The third-order valence-electron chi connectivity index (χ3n) is 5.55. The van der Waals surface area contributed by atoms with Crippen LogP contribution in [0, 0.1) is 23.5 Å². The lowest BCUT2D eigenvalue weighted by Crippen LogP contribution is -2.14. The summed E-state index contributed by atoms with van der Waals surface area (Å²) >= 11 is 0. The fraction of sp³-hybridized carbons (Fsp3) is 0.435. The average Bonchev–Trinajstić information content (AvgIpc) is 2.68. The monoisotopic (exact) mass is 355 g/mol. The van der Waals surface area contributed by atoms with Gasteiger partial charge in [0.1, 0.15) is 0 Å². The van der Waals surface area contributed by atoms with Crippen LogP contribution in [0.4, 0.5) is 8.78 Å². The molecule has 1 heterocycles. The van der Waals surface area contributed by atoms with E-state index in [0.29, 0.717) is 11.3 Å². The molecule has 1 fully saturated rings. The van der Waals surface area contributed by atoms with Crippen LogP contribution >= 0.6 is 0 Å². The Balaban J connectivity index is 1.50. The van der Waals surface area contributed by atoms with Crippen molar-refractivity contribution in [3.05, 3.63) is 65.9 Å². The molecule has 0 amide bonds. The van der Waals surface area contributed by atoms with Gasteiger partial charge in [0.2, 0.25) is 0 Å². The van der Waals surface area contributed by atoms with Crippen molar-refractivity contribution in [2.45, 2.75) is 51.9 Å². The van der Waals surface area contributed by atoms with E-state index in [-0.39, 0.29) is 0 Å². The number of aromatic nitrogens is 1. The molecule has 3 heteroatoms. The lowest BCUT2D eigenvalue weighted by atomic mass is 9.78. The van der Waals surface area contributed by atoms with Crippen molar-refractivity contribution >= 4 is 0 Å². The number of aryl methyl sites for hydroxylation is 1. The van der Waals surface area contributed by atoms with E-state index in [1.165, 1.54) is 50.2 Å². The van der Waals surface area contributed by atoms with Gasteiger partial charge in [0.25, 0.3) is 0 Å². The number of hydrogen-bond acceptors (Lipinski definition) is 1. The van der Waals surface area contributed by atoms with E-state index in [2.05, 4.69) is 30.1 Å². The van der Waals surface area contributed by atoms with Crippen molar-refractivity contribution < 1.29 is 8.78 Å². The van der Waals surface area contributed by atoms with E-state index < -0.39 is 11.6 Å². The SMILES string of the molecule is CC=CCC1CCC(CCc2ccc(-c3ccc(F)c(F)c3)nc2)CC1. The van der Waals surface area contributed by atoms with Crippen molar-refractivity contribution in [3.8, 4) is 11.3 Å². The summed E-state index contributed by atoms with van der Waals surface area (Å²) in [5, 5.41) is 0. The van der Waals surface area contributed by atoms with Crippen molar-refractivity contribution in [2.75, 3.05) is 0 Å². The largest absolute Gasteiger partial charge is 0.256 e. The van der Waals surface area contributed by atoms with Gasteiger partial charge in [-0.25, -0.2) is 8.78 Å². The van der Waals surface area contributed by atoms with Crippen LogP contribution < -0.4 is 0 Å². The average molecular weight is 355 g/mol. The van der Waals surface area contributed by atoms with E-state index in [1.54, 1.807) is 6.07 Å². The molecule has 1 aliphatic carbocycles. The fourth-order valence-electron chi connectivity index (χ4n) is 3.85. The van der Waals surface area contributed by atoms with Crippen molar-refractivity contribution in [3.63, 3.8) is 0 Å². The van der Waals surface area contributed by atoms with Gasteiger partial charge in [-0.15, -0.1) is 0 Å². The van der Waals surface area contributed by atoms with Crippen molar-refractivity contribution in [1.29, 1.82) is 0 Å². The van der Waals surface area contributed by atoms with Crippen molar-refractivity contribution in [1.82, 2.24) is 4.98 Å². The van der Waals surface area contributed by atoms with E-state index in [9.17, 15) is 8.78 Å². The Morgan fingerprint density at radius 1 is 1.00 bits per heavy atom. The van der Waals surface area contributed by atoms with Gasteiger partial charge in [0.05, 0.1) is 5.69 Å². The zero-order valence-corrected chi connectivity index (χ0v) is 15.4. The first-order valence-corrected chi connectivity index (χ1v) is 9.67. The number of halogens is 2. The second-order valence-electron chi connectivity index (χ2n) is 7.41. The molecular formula is C23H27F2N. The lowest BCUT2D eigenvalue weighted by molar-refractivity contribution is 0.265.